The Kier molecular flexibility index (Phi) is 6.56. The summed E-state index contributed by atoms with van der Waals surface area (Å²) in [7, 11) is -2.67. The van der Waals surface area contributed by atoms with Gasteiger partial charge < -0.3 is 15.0 Å². The molecule has 1 aliphatic heterocycles. The number of ether oxygens (including phenoxy) is 1. The van der Waals surface area contributed by atoms with Crippen LogP contribution in [0.25, 0.3) is 0 Å². The van der Waals surface area contributed by atoms with Crippen LogP contribution in [0.5, 0.6) is 5.75 Å². The summed E-state index contributed by atoms with van der Waals surface area (Å²) in [5.41, 5.74) is 2.61. The number of carbonyl (C=O) groups excluding carboxylic acids is 2. The predicted octanol–water partition coefficient (Wildman–Crippen LogP) is 4.18. The summed E-state index contributed by atoms with van der Waals surface area (Å²) in [6, 6.07) is 18.1. The molecule has 1 aliphatic rings. The molecule has 4 rings (SSSR count). The van der Waals surface area contributed by atoms with E-state index in [0.29, 0.717) is 30.0 Å². The molecule has 0 saturated carbocycles. The number of nitrogens with one attached hydrogen (secondary N) is 2. The first-order valence-corrected chi connectivity index (χ1v) is 12.2. The average Bonchev–Trinajstić information content (AvgIpc) is 3.26. The van der Waals surface area contributed by atoms with Gasteiger partial charge in [0, 0.05) is 24.2 Å². The van der Waals surface area contributed by atoms with Gasteiger partial charge in [-0.25, -0.2) is 8.42 Å². The Morgan fingerprint density at radius 1 is 1.03 bits per heavy atom. The zero-order valence-corrected chi connectivity index (χ0v) is 19.7. The number of carbonyl (C=O) groups is 2. The largest absolute Gasteiger partial charge is 0.495 e. The van der Waals surface area contributed by atoms with Crippen LogP contribution >= 0.6 is 0 Å². The number of para-hydroxylation sites is 2. The molecule has 2 N–H and O–H groups in total. The molecule has 0 aliphatic carbocycles. The summed E-state index contributed by atoms with van der Waals surface area (Å²) in [6.07, 6.45) is 1.23. The Labute approximate surface area is 198 Å². The lowest BCUT2D eigenvalue weighted by atomic mass is 10.2. The highest BCUT2D eigenvalue weighted by atomic mass is 32.2. The zero-order valence-electron chi connectivity index (χ0n) is 18.9. The van der Waals surface area contributed by atoms with Gasteiger partial charge in [-0.3, -0.25) is 14.3 Å². The Bertz CT molecular complexity index is 1340. The lowest BCUT2D eigenvalue weighted by molar-refractivity contribution is -0.117. The maximum absolute atomic E-state index is 13.1. The van der Waals surface area contributed by atoms with Crippen LogP contribution in [0.1, 0.15) is 28.8 Å². The Morgan fingerprint density at radius 2 is 1.76 bits per heavy atom. The minimum atomic E-state index is -4.03. The number of nitrogens with zero attached hydrogens (tertiary/aromatic N) is 1. The molecule has 8 nitrogen and oxygen atoms in total. The molecule has 3 aromatic carbocycles. The predicted molar refractivity (Wildman–Crippen MR) is 131 cm³/mol. The van der Waals surface area contributed by atoms with Crippen LogP contribution < -0.4 is 19.7 Å². The molecule has 1 saturated heterocycles. The molecule has 2 amide bonds. The normalized spacial score (nSPS) is 13.6. The molecule has 0 atom stereocenters. The first-order valence-electron chi connectivity index (χ1n) is 10.8. The van der Waals surface area contributed by atoms with Gasteiger partial charge in [-0.15, -0.1) is 0 Å². The number of hydrogen-bond donors (Lipinski definition) is 2. The minimum Gasteiger partial charge on any atom is -0.495 e. The number of aryl methyl sites for hydroxylation is 1. The Hall–Kier alpha value is -3.85. The van der Waals surface area contributed by atoms with Crippen molar-refractivity contribution in [1.29, 1.82) is 0 Å². The highest BCUT2D eigenvalue weighted by molar-refractivity contribution is 7.92. The van der Waals surface area contributed by atoms with Crippen LogP contribution in [-0.4, -0.2) is 33.9 Å². The van der Waals surface area contributed by atoms with Crippen molar-refractivity contribution < 1.29 is 22.7 Å². The van der Waals surface area contributed by atoms with Gasteiger partial charge in [0.2, 0.25) is 5.91 Å². The van der Waals surface area contributed by atoms with E-state index in [1.807, 2.05) is 6.92 Å². The highest BCUT2D eigenvalue weighted by Crippen LogP contribution is 2.31. The number of sulfonamides is 1. The fourth-order valence-corrected chi connectivity index (χ4v) is 5.03. The van der Waals surface area contributed by atoms with Crippen molar-refractivity contribution in [2.24, 2.45) is 0 Å². The van der Waals surface area contributed by atoms with Gasteiger partial charge >= 0.3 is 0 Å². The number of benzene rings is 3. The van der Waals surface area contributed by atoms with E-state index < -0.39 is 15.9 Å². The fraction of sp³-hybridized carbons (Fsp3) is 0.200. The van der Waals surface area contributed by atoms with Crippen LogP contribution in [0.15, 0.2) is 71.6 Å². The number of anilines is 3. The van der Waals surface area contributed by atoms with Gasteiger partial charge in [0.25, 0.3) is 15.9 Å². The first kappa shape index (κ1) is 23.3. The second kappa shape index (κ2) is 9.56. The maximum atomic E-state index is 13.1. The second-order valence-electron chi connectivity index (χ2n) is 7.96. The van der Waals surface area contributed by atoms with Crippen LogP contribution in [0.3, 0.4) is 0 Å². The number of rotatable bonds is 7. The van der Waals surface area contributed by atoms with Crippen molar-refractivity contribution in [2.75, 3.05) is 28.6 Å². The van der Waals surface area contributed by atoms with E-state index in [1.54, 1.807) is 53.4 Å². The van der Waals surface area contributed by atoms with Gasteiger partial charge in [-0.1, -0.05) is 29.8 Å². The van der Waals surface area contributed by atoms with Crippen molar-refractivity contribution in [3.05, 3.63) is 77.9 Å². The van der Waals surface area contributed by atoms with Crippen LogP contribution in [0.2, 0.25) is 0 Å². The van der Waals surface area contributed by atoms with Gasteiger partial charge in [0.1, 0.15) is 10.6 Å². The third-order valence-corrected chi connectivity index (χ3v) is 6.94. The van der Waals surface area contributed by atoms with E-state index in [0.717, 1.165) is 12.0 Å². The fourth-order valence-electron chi connectivity index (χ4n) is 3.77. The molecule has 34 heavy (non-hydrogen) atoms. The summed E-state index contributed by atoms with van der Waals surface area (Å²) in [5.74, 6) is -0.394. The molecular formula is C25H25N3O5S. The Balaban J connectivity index is 1.62. The standard InChI is InChI=1S/C25H25N3O5S/c1-17-9-12-19(13-10-17)27-34(31,32)23-16-18(11-14-22(23)33-2)25(30)26-20-6-3-4-7-21(20)28-15-5-8-24(28)29/h3-4,6-7,9-14,16,27H,5,8,15H2,1-2H3,(H,26,30). The first-order chi connectivity index (χ1) is 16.3. The second-order valence-corrected chi connectivity index (χ2v) is 9.61. The third kappa shape index (κ3) is 4.89. The van der Waals surface area contributed by atoms with Gasteiger partial charge in [-0.05, 0) is 55.8 Å². The van der Waals surface area contributed by atoms with E-state index in [9.17, 15) is 18.0 Å². The monoisotopic (exact) mass is 479 g/mol. The average molecular weight is 480 g/mol. The van der Waals surface area contributed by atoms with E-state index >= 15 is 0 Å². The van der Waals surface area contributed by atoms with E-state index in [1.165, 1.54) is 25.3 Å². The Morgan fingerprint density at radius 3 is 2.44 bits per heavy atom. The molecule has 1 heterocycles. The van der Waals surface area contributed by atoms with E-state index in [4.69, 9.17) is 4.74 Å². The molecule has 3 aromatic rings. The highest BCUT2D eigenvalue weighted by Gasteiger charge is 2.25. The van der Waals surface area contributed by atoms with E-state index in [-0.39, 0.29) is 22.1 Å². The zero-order chi connectivity index (χ0) is 24.3. The lowest BCUT2D eigenvalue weighted by Crippen LogP contribution is -2.25. The molecule has 0 aromatic heterocycles. The quantitative estimate of drug-likeness (QED) is 0.529. The van der Waals surface area contributed by atoms with Crippen molar-refractivity contribution in [3.8, 4) is 5.75 Å². The van der Waals surface area contributed by atoms with Crippen molar-refractivity contribution in [3.63, 3.8) is 0 Å². The molecule has 0 spiro atoms. The lowest BCUT2D eigenvalue weighted by Gasteiger charge is -2.20. The molecule has 0 radical (unpaired) electrons. The smallest absolute Gasteiger partial charge is 0.265 e. The molecular weight excluding hydrogens is 454 g/mol. The molecule has 0 unspecified atom stereocenters. The number of amides is 2. The molecule has 9 heteroatoms. The summed E-state index contributed by atoms with van der Waals surface area (Å²) >= 11 is 0. The minimum absolute atomic E-state index is 0.00158. The molecule has 1 fully saturated rings. The molecule has 176 valence electrons. The van der Waals surface area contributed by atoms with Gasteiger partial charge in [0.15, 0.2) is 0 Å². The van der Waals surface area contributed by atoms with Crippen molar-refractivity contribution in [1.82, 2.24) is 0 Å². The maximum Gasteiger partial charge on any atom is 0.265 e. The van der Waals surface area contributed by atoms with E-state index in [2.05, 4.69) is 10.0 Å². The van der Waals surface area contributed by atoms with Crippen LogP contribution in [-0.2, 0) is 14.8 Å². The number of methoxy groups -OCH3 is 1. The third-order valence-electron chi connectivity index (χ3n) is 5.54. The van der Waals surface area contributed by atoms with Crippen molar-refractivity contribution in [2.45, 2.75) is 24.7 Å². The van der Waals surface area contributed by atoms with Crippen LogP contribution in [0, 0.1) is 6.92 Å². The summed E-state index contributed by atoms with van der Waals surface area (Å²) in [5, 5.41) is 2.81. The summed E-state index contributed by atoms with van der Waals surface area (Å²) < 4.78 is 34.0. The summed E-state index contributed by atoms with van der Waals surface area (Å²) in [4.78, 5) is 26.8. The molecule has 0 bridgehead atoms. The SMILES string of the molecule is COc1ccc(C(=O)Nc2ccccc2N2CCCC2=O)cc1S(=O)(=O)Nc1ccc(C)cc1. The van der Waals surface area contributed by atoms with Crippen LogP contribution in [0.4, 0.5) is 17.1 Å². The van der Waals surface area contributed by atoms with Crippen molar-refractivity contribution >= 4 is 38.9 Å². The topological polar surface area (TPSA) is 105 Å². The summed E-state index contributed by atoms with van der Waals surface area (Å²) in [6.45, 7) is 2.49. The van der Waals surface area contributed by atoms with Gasteiger partial charge in [0.05, 0.1) is 18.5 Å². The van der Waals surface area contributed by atoms with Gasteiger partial charge in [-0.2, -0.15) is 0 Å². The number of hydrogen-bond acceptors (Lipinski definition) is 5.